The highest BCUT2D eigenvalue weighted by Crippen LogP contribution is 2.26. The molecule has 7 nitrogen and oxygen atoms in total. The van der Waals surface area contributed by atoms with Gasteiger partial charge in [-0.1, -0.05) is 12.1 Å². The Morgan fingerprint density at radius 2 is 1.55 bits per heavy atom. The number of amides is 2. The molecule has 0 bridgehead atoms. The van der Waals surface area contributed by atoms with Crippen molar-refractivity contribution in [3.8, 4) is 0 Å². The number of hydrogen-bond donors (Lipinski definition) is 2. The fraction of sp³-hybridized carbons (Fsp3) is 0.231. The van der Waals surface area contributed by atoms with Crippen LogP contribution in [-0.4, -0.2) is 44.9 Å². The Morgan fingerprint density at radius 3 is 1.95 bits per heavy atom. The topological polar surface area (TPSA) is 112 Å². The Kier molecular flexibility index (Phi) is 3.51. The van der Waals surface area contributed by atoms with Gasteiger partial charge in [0.25, 0.3) is 11.8 Å². The highest BCUT2D eigenvalue weighted by atomic mass is 16.4. The average Bonchev–Trinajstić information content (AvgIpc) is 2.64. The highest BCUT2D eigenvalue weighted by Gasteiger charge is 2.42. The molecule has 1 aliphatic rings. The number of rotatable bonds is 5. The molecule has 2 N–H and O–H groups in total. The first-order valence-electron chi connectivity index (χ1n) is 5.85. The van der Waals surface area contributed by atoms with Crippen LogP contribution in [-0.2, 0) is 9.59 Å². The van der Waals surface area contributed by atoms with Crippen LogP contribution in [0.25, 0.3) is 0 Å². The number of aliphatic carboxylic acids is 2. The van der Waals surface area contributed by atoms with Crippen LogP contribution in [0.5, 0.6) is 0 Å². The number of imide groups is 1. The van der Waals surface area contributed by atoms with Crippen molar-refractivity contribution < 1.29 is 29.4 Å². The minimum Gasteiger partial charge on any atom is -0.481 e. The molecule has 0 radical (unpaired) electrons. The Bertz CT molecular complexity index is 574. The summed E-state index contributed by atoms with van der Waals surface area (Å²) in [6.07, 6.45) is -0.763. The zero-order valence-electron chi connectivity index (χ0n) is 10.3. The molecule has 1 aromatic carbocycles. The number of fused-ring (bicyclic) bond motifs is 1. The van der Waals surface area contributed by atoms with Crippen molar-refractivity contribution in [1.82, 2.24) is 4.90 Å². The second-order valence-electron chi connectivity index (χ2n) is 4.31. The van der Waals surface area contributed by atoms with E-state index in [1.807, 2.05) is 0 Å². The first kappa shape index (κ1) is 13.7. The summed E-state index contributed by atoms with van der Waals surface area (Å²) in [5.74, 6) is -4.00. The maximum absolute atomic E-state index is 12.1. The van der Waals surface area contributed by atoms with Crippen molar-refractivity contribution in [3.63, 3.8) is 0 Å². The van der Waals surface area contributed by atoms with Crippen molar-refractivity contribution in [2.24, 2.45) is 0 Å². The van der Waals surface area contributed by atoms with Gasteiger partial charge in [0.2, 0.25) is 0 Å². The summed E-state index contributed by atoms with van der Waals surface area (Å²) in [5.41, 5.74) is 0.276. The van der Waals surface area contributed by atoms with Crippen LogP contribution in [0.15, 0.2) is 24.3 Å². The van der Waals surface area contributed by atoms with Crippen LogP contribution in [0.1, 0.15) is 33.6 Å². The molecular weight excluding hydrogens is 265 g/mol. The molecule has 1 heterocycles. The number of carboxylic acids is 2. The lowest BCUT2D eigenvalue weighted by atomic mass is 9.87. The molecule has 0 aromatic heterocycles. The van der Waals surface area contributed by atoms with Crippen molar-refractivity contribution in [2.75, 3.05) is 0 Å². The van der Waals surface area contributed by atoms with E-state index in [4.69, 9.17) is 10.2 Å². The molecule has 1 aliphatic heterocycles. The normalized spacial score (nSPS) is 15.1. The Balaban J connectivity index is 2.32. The number of nitrogens with zero attached hydrogens (tertiary/aromatic N) is 1. The first-order valence-corrected chi connectivity index (χ1v) is 5.85. The van der Waals surface area contributed by atoms with E-state index >= 15 is 0 Å². The van der Waals surface area contributed by atoms with Crippen molar-refractivity contribution in [1.29, 1.82) is 0 Å². The van der Waals surface area contributed by atoms with Crippen LogP contribution < -0.4 is 0 Å². The van der Waals surface area contributed by atoms with Gasteiger partial charge >= 0.3 is 11.9 Å². The SMILES string of the molecule is O=C(O)CCC(C(=O)O)N1C(=O)c2ccccc2[11C]1=O. The van der Waals surface area contributed by atoms with E-state index in [-0.39, 0.29) is 17.5 Å². The van der Waals surface area contributed by atoms with Gasteiger partial charge in [-0.15, -0.1) is 0 Å². The quantitative estimate of drug-likeness (QED) is 0.761. The molecule has 1 atom stereocenters. The monoisotopic (exact) mass is 276 g/mol. The van der Waals surface area contributed by atoms with E-state index in [1.165, 1.54) is 12.1 Å². The maximum Gasteiger partial charge on any atom is 0.326 e. The standard InChI is InChI=1S/C13H11NO6/c15-10(16)6-5-9(13(19)20)14-11(17)7-3-1-2-4-8(7)12(14)18/h1-4,9H,5-6H2,(H,15,16)(H,19,20)/i11-1. The summed E-state index contributed by atoms with van der Waals surface area (Å²) in [7, 11) is 0. The number of carbonyl (C=O) groups excluding carboxylic acids is 2. The third kappa shape index (κ3) is 2.25. The Labute approximate surface area is 113 Å². The number of carbonyl (C=O) groups is 4. The maximum atomic E-state index is 12.1. The fourth-order valence-corrected chi connectivity index (χ4v) is 2.11. The molecular formula is C13H11NO6. The minimum absolute atomic E-state index is 0.138. The molecule has 7 heteroatoms. The van der Waals surface area contributed by atoms with E-state index < -0.39 is 36.2 Å². The highest BCUT2D eigenvalue weighted by molar-refractivity contribution is 6.22. The van der Waals surface area contributed by atoms with Gasteiger partial charge in [0.15, 0.2) is 0 Å². The van der Waals surface area contributed by atoms with E-state index in [0.29, 0.717) is 4.90 Å². The molecule has 0 aliphatic carbocycles. The molecule has 0 spiro atoms. The van der Waals surface area contributed by atoms with E-state index in [0.717, 1.165) is 0 Å². The van der Waals surface area contributed by atoms with Crippen LogP contribution >= 0.6 is 0 Å². The van der Waals surface area contributed by atoms with Crippen LogP contribution in [0.3, 0.4) is 0 Å². The second kappa shape index (κ2) is 5.12. The number of hydrogen-bond acceptors (Lipinski definition) is 4. The predicted molar refractivity (Wildman–Crippen MR) is 65.2 cm³/mol. The van der Waals surface area contributed by atoms with Gasteiger partial charge < -0.3 is 10.2 Å². The molecule has 2 amide bonds. The van der Waals surface area contributed by atoms with Gasteiger partial charge in [-0.3, -0.25) is 19.3 Å². The third-order valence-corrected chi connectivity index (χ3v) is 3.05. The fourth-order valence-electron chi connectivity index (χ4n) is 2.11. The van der Waals surface area contributed by atoms with Crippen LogP contribution in [0.2, 0.25) is 0 Å². The average molecular weight is 276 g/mol. The molecule has 1 aromatic rings. The zero-order chi connectivity index (χ0) is 14.9. The van der Waals surface area contributed by atoms with Crippen LogP contribution in [0.4, 0.5) is 0 Å². The van der Waals surface area contributed by atoms with Gasteiger partial charge in [-0.25, -0.2) is 4.79 Å². The summed E-state index contributed by atoms with van der Waals surface area (Å²) >= 11 is 0. The van der Waals surface area contributed by atoms with E-state index in [2.05, 4.69) is 0 Å². The summed E-state index contributed by atoms with van der Waals surface area (Å²) in [5, 5.41) is 17.7. The Morgan fingerprint density at radius 1 is 1.05 bits per heavy atom. The van der Waals surface area contributed by atoms with Gasteiger partial charge in [-0.2, -0.15) is 0 Å². The van der Waals surface area contributed by atoms with E-state index in [1.54, 1.807) is 12.1 Å². The van der Waals surface area contributed by atoms with Gasteiger partial charge in [-0.05, 0) is 18.6 Å². The molecule has 104 valence electrons. The lowest BCUT2D eigenvalue weighted by Crippen LogP contribution is -2.45. The van der Waals surface area contributed by atoms with Crippen molar-refractivity contribution in [2.45, 2.75) is 18.9 Å². The van der Waals surface area contributed by atoms with Crippen molar-refractivity contribution in [3.05, 3.63) is 35.4 Å². The predicted octanol–water partition coefficient (Wildman–Crippen LogP) is 0.601. The molecule has 0 fully saturated rings. The second-order valence-corrected chi connectivity index (χ2v) is 4.31. The molecule has 0 saturated heterocycles. The van der Waals surface area contributed by atoms with Gasteiger partial charge in [0.05, 0.1) is 11.1 Å². The lowest BCUT2D eigenvalue weighted by Gasteiger charge is -2.21. The Hall–Kier alpha value is -2.70. The lowest BCUT2D eigenvalue weighted by molar-refractivity contribution is -0.142. The van der Waals surface area contributed by atoms with Gasteiger partial charge in [0, 0.05) is 6.42 Å². The van der Waals surface area contributed by atoms with Crippen molar-refractivity contribution >= 4 is 23.8 Å². The molecule has 1 unspecified atom stereocenters. The summed E-state index contributed by atoms with van der Waals surface area (Å²) in [6, 6.07) is 4.54. The van der Waals surface area contributed by atoms with Crippen LogP contribution in [0, 0.1) is 0 Å². The number of carboxylic acid groups (broad SMARTS) is 2. The minimum atomic E-state index is -1.47. The molecule has 0 saturated carbocycles. The van der Waals surface area contributed by atoms with E-state index in [9.17, 15) is 19.2 Å². The smallest absolute Gasteiger partial charge is 0.326 e. The number of benzene rings is 1. The summed E-state index contributed by atoms with van der Waals surface area (Å²) in [6.45, 7) is 0. The molecule has 20 heavy (non-hydrogen) atoms. The third-order valence-electron chi connectivity index (χ3n) is 3.05. The summed E-state index contributed by atoms with van der Waals surface area (Å²) in [4.78, 5) is 46.5. The summed E-state index contributed by atoms with van der Waals surface area (Å²) < 4.78 is 0. The first-order chi connectivity index (χ1) is 9.43. The zero-order valence-corrected chi connectivity index (χ0v) is 10.3. The molecule has 2 rings (SSSR count). The van der Waals surface area contributed by atoms with Gasteiger partial charge in [0.1, 0.15) is 6.04 Å². The largest absolute Gasteiger partial charge is 0.481 e.